The lowest BCUT2D eigenvalue weighted by Crippen LogP contribution is -2.40. The van der Waals surface area contributed by atoms with Gasteiger partial charge in [0.15, 0.2) is 11.6 Å². The fourth-order valence-corrected chi connectivity index (χ4v) is 3.56. The van der Waals surface area contributed by atoms with Crippen molar-refractivity contribution >= 4 is 11.8 Å². The van der Waals surface area contributed by atoms with Crippen molar-refractivity contribution in [1.82, 2.24) is 10.6 Å². The van der Waals surface area contributed by atoms with E-state index in [0.29, 0.717) is 37.5 Å². The molecule has 0 bridgehead atoms. The number of allylic oxidation sites excluding steroid dienone is 2. The van der Waals surface area contributed by atoms with Crippen molar-refractivity contribution in [3.05, 3.63) is 41.7 Å². The monoisotopic (exact) mass is 416 g/mol. The largest absolute Gasteiger partial charge is 0.490 e. The summed E-state index contributed by atoms with van der Waals surface area (Å²) in [6.07, 6.45) is 11.4. The molecular formula is C24H33FN2O3. The van der Waals surface area contributed by atoms with Crippen LogP contribution in [0.3, 0.4) is 0 Å². The van der Waals surface area contributed by atoms with Crippen LogP contribution in [0.5, 0.6) is 5.75 Å². The second-order valence-electron chi connectivity index (χ2n) is 8.47. The lowest BCUT2D eigenvalue weighted by Gasteiger charge is -2.19. The summed E-state index contributed by atoms with van der Waals surface area (Å²) < 4.78 is 19.6. The molecule has 1 heterocycles. The molecule has 1 aliphatic carbocycles. The number of amides is 2. The smallest absolute Gasteiger partial charge is 0.229 e. The first-order valence-corrected chi connectivity index (χ1v) is 11.2. The number of benzene rings is 1. The highest BCUT2D eigenvalue weighted by atomic mass is 19.1. The number of rotatable bonds is 12. The zero-order valence-electron chi connectivity index (χ0n) is 17.8. The SMILES string of the molecule is C[C@@H](NCCCC/C=C\CC1CCC(=O)NC1=O)c1ccc(F)c(OCC2CC2)c1. The molecule has 2 atom stereocenters. The van der Waals surface area contributed by atoms with Crippen LogP contribution in [0.15, 0.2) is 30.4 Å². The molecule has 2 aliphatic rings. The van der Waals surface area contributed by atoms with Crippen molar-refractivity contribution in [2.75, 3.05) is 13.2 Å². The van der Waals surface area contributed by atoms with Gasteiger partial charge in [0.2, 0.25) is 11.8 Å². The third-order valence-corrected chi connectivity index (χ3v) is 5.82. The third-order valence-electron chi connectivity index (χ3n) is 5.82. The summed E-state index contributed by atoms with van der Waals surface area (Å²) in [5.41, 5.74) is 1.03. The van der Waals surface area contributed by atoms with Crippen LogP contribution in [0, 0.1) is 17.7 Å². The number of hydrogen-bond acceptors (Lipinski definition) is 4. The molecule has 1 unspecified atom stereocenters. The Labute approximate surface area is 178 Å². The molecule has 1 saturated heterocycles. The third kappa shape index (κ3) is 7.24. The normalized spacial score (nSPS) is 20.4. The van der Waals surface area contributed by atoms with Crippen molar-refractivity contribution < 1.29 is 18.7 Å². The maximum Gasteiger partial charge on any atom is 0.229 e. The summed E-state index contributed by atoms with van der Waals surface area (Å²) >= 11 is 0. The van der Waals surface area contributed by atoms with Gasteiger partial charge in [-0.3, -0.25) is 14.9 Å². The maximum atomic E-state index is 13.9. The molecule has 2 amide bonds. The highest BCUT2D eigenvalue weighted by Gasteiger charge is 2.25. The number of ether oxygens (including phenoxy) is 1. The van der Waals surface area contributed by atoms with E-state index < -0.39 is 0 Å². The number of imide groups is 1. The molecule has 1 saturated carbocycles. The van der Waals surface area contributed by atoms with Crippen LogP contribution in [0.2, 0.25) is 0 Å². The maximum absolute atomic E-state index is 13.9. The Morgan fingerprint density at radius 3 is 2.83 bits per heavy atom. The van der Waals surface area contributed by atoms with Gasteiger partial charge >= 0.3 is 0 Å². The zero-order valence-corrected chi connectivity index (χ0v) is 17.8. The van der Waals surface area contributed by atoms with Crippen LogP contribution in [0.1, 0.15) is 69.9 Å². The Morgan fingerprint density at radius 1 is 1.23 bits per heavy atom. The molecule has 1 aromatic carbocycles. The van der Waals surface area contributed by atoms with Gasteiger partial charge in [-0.25, -0.2) is 4.39 Å². The second-order valence-corrected chi connectivity index (χ2v) is 8.47. The lowest BCUT2D eigenvalue weighted by atomic mass is 9.94. The highest BCUT2D eigenvalue weighted by molar-refractivity contribution is 5.98. The Hall–Kier alpha value is -2.21. The van der Waals surface area contributed by atoms with Crippen molar-refractivity contribution in [2.24, 2.45) is 11.8 Å². The molecule has 2 N–H and O–H groups in total. The first kappa shape index (κ1) is 22.5. The predicted octanol–water partition coefficient (Wildman–Crippen LogP) is 4.43. The second kappa shape index (κ2) is 11.3. The molecular weight excluding hydrogens is 383 g/mol. The van der Waals surface area contributed by atoms with E-state index in [4.69, 9.17) is 4.74 Å². The average molecular weight is 417 g/mol. The zero-order chi connectivity index (χ0) is 21.3. The van der Waals surface area contributed by atoms with Crippen LogP contribution in [0.25, 0.3) is 0 Å². The number of halogens is 1. The summed E-state index contributed by atoms with van der Waals surface area (Å²) in [6.45, 7) is 3.58. The molecule has 2 fully saturated rings. The van der Waals surface area contributed by atoms with E-state index >= 15 is 0 Å². The van der Waals surface area contributed by atoms with Crippen LogP contribution >= 0.6 is 0 Å². The molecule has 3 rings (SSSR count). The predicted molar refractivity (Wildman–Crippen MR) is 115 cm³/mol. The first-order chi connectivity index (χ1) is 14.5. The van der Waals surface area contributed by atoms with E-state index in [9.17, 15) is 14.0 Å². The molecule has 1 aromatic rings. The molecule has 5 nitrogen and oxygen atoms in total. The summed E-state index contributed by atoms with van der Waals surface area (Å²) in [4.78, 5) is 22.8. The van der Waals surface area contributed by atoms with Crippen LogP contribution in [-0.4, -0.2) is 25.0 Å². The average Bonchev–Trinajstić information content (AvgIpc) is 3.55. The molecule has 164 valence electrons. The number of carbonyl (C=O) groups is 2. The topological polar surface area (TPSA) is 67.4 Å². The lowest BCUT2D eigenvalue weighted by molar-refractivity contribution is -0.136. The number of unbranched alkanes of at least 4 members (excludes halogenated alkanes) is 2. The fraction of sp³-hybridized carbons (Fsp3) is 0.583. The van der Waals surface area contributed by atoms with Crippen LogP contribution in [0.4, 0.5) is 4.39 Å². The molecule has 0 spiro atoms. The van der Waals surface area contributed by atoms with E-state index in [-0.39, 0.29) is 29.6 Å². The van der Waals surface area contributed by atoms with Crippen molar-refractivity contribution in [1.29, 1.82) is 0 Å². The summed E-state index contributed by atoms with van der Waals surface area (Å²) in [5, 5.41) is 5.88. The quantitative estimate of drug-likeness (QED) is 0.300. The number of carbonyl (C=O) groups excluding carboxylic acids is 2. The Bertz CT molecular complexity index is 761. The summed E-state index contributed by atoms with van der Waals surface area (Å²) in [5.74, 6) is 0.280. The van der Waals surface area contributed by atoms with Crippen molar-refractivity contribution in [3.8, 4) is 5.75 Å². The van der Waals surface area contributed by atoms with E-state index in [1.807, 2.05) is 12.1 Å². The molecule has 6 heteroatoms. The number of hydrogen-bond donors (Lipinski definition) is 2. The molecule has 0 aromatic heterocycles. The summed E-state index contributed by atoms with van der Waals surface area (Å²) in [7, 11) is 0. The minimum absolute atomic E-state index is 0.0738. The standard InChI is InChI=1S/C24H33FN2O3/c1-17(20-10-12-21(25)22(15-20)30-16-18-8-9-18)26-14-6-4-2-3-5-7-19-11-13-23(28)27-24(19)29/h3,5,10,12,15,17-19,26H,2,4,6-9,11,13-14,16H2,1H3,(H,27,28,29)/b5-3-/t17-,19?/m1/s1. The first-order valence-electron chi connectivity index (χ1n) is 11.2. The van der Waals surface area contributed by atoms with Gasteiger partial charge in [0.05, 0.1) is 6.61 Å². The van der Waals surface area contributed by atoms with E-state index in [2.05, 4.69) is 29.7 Å². The van der Waals surface area contributed by atoms with E-state index in [1.54, 1.807) is 0 Å². The van der Waals surface area contributed by atoms with Crippen LogP contribution < -0.4 is 15.4 Å². The van der Waals surface area contributed by atoms with Gasteiger partial charge < -0.3 is 10.1 Å². The fourth-order valence-electron chi connectivity index (χ4n) is 3.56. The molecule has 0 radical (unpaired) electrons. The van der Waals surface area contributed by atoms with Crippen molar-refractivity contribution in [3.63, 3.8) is 0 Å². The van der Waals surface area contributed by atoms with Crippen molar-refractivity contribution in [2.45, 2.75) is 64.3 Å². The van der Waals surface area contributed by atoms with Gasteiger partial charge in [-0.1, -0.05) is 18.2 Å². The molecule has 1 aliphatic heterocycles. The van der Waals surface area contributed by atoms with Gasteiger partial charge in [0, 0.05) is 18.4 Å². The molecule has 30 heavy (non-hydrogen) atoms. The summed E-state index contributed by atoms with van der Waals surface area (Å²) in [6, 6.07) is 5.25. The number of nitrogens with one attached hydrogen (secondary N) is 2. The van der Waals surface area contributed by atoms with Gasteiger partial charge in [-0.05, 0) is 82.0 Å². The van der Waals surface area contributed by atoms with Gasteiger partial charge in [-0.2, -0.15) is 0 Å². The minimum atomic E-state index is -0.296. The van der Waals surface area contributed by atoms with E-state index in [0.717, 1.165) is 31.4 Å². The Kier molecular flexibility index (Phi) is 8.43. The Balaban J connectivity index is 1.29. The van der Waals surface area contributed by atoms with Gasteiger partial charge in [0.1, 0.15) is 0 Å². The minimum Gasteiger partial charge on any atom is -0.490 e. The Morgan fingerprint density at radius 2 is 2.07 bits per heavy atom. The van der Waals surface area contributed by atoms with E-state index in [1.165, 1.54) is 18.9 Å². The van der Waals surface area contributed by atoms with Crippen LogP contribution in [-0.2, 0) is 9.59 Å². The van der Waals surface area contributed by atoms with Gasteiger partial charge in [0.25, 0.3) is 0 Å². The number of piperidine rings is 1. The highest BCUT2D eigenvalue weighted by Crippen LogP contribution is 2.31. The van der Waals surface area contributed by atoms with Gasteiger partial charge in [-0.15, -0.1) is 0 Å².